The van der Waals surface area contributed by atoms with Crippen LogP contribution in [0.25, 0.3) is 0 Å². The largest absolute Gasteiger partial charge is 0.393 e. The molecule has 1 aliphatic carbocycles. The van der Waals surface area contributed by atoms with E-state index in [0.29, 0.717) is 5.92 Å². The molecule has 2 rings (SSSR count). The fraction of sp³-hybridized carbons (Fsp3) is 0.571. The summed E-state index contributed by atoms with van der Waals surface area (Å²) in [5, 5.41) is 9.31. The lowest BCUT2D eigenvalue weighted by Crippen LogP contribution is -2.37. The van der Waals surface area contributed by atoms with Crippen LogP contribution < -0.4 is 10.6 Å². The summed E-state index contributed by atoms with van der Waals surface area (Å²) in [6, 6.07) is 8.34. The number of hydrogen-bond acceptors (Lipinski definition) is 3. The second-order valence-electron chi connectivity index (χ2n) is 5.22. The van der Waals surface area contributed by atoms with E-state index in [9.17, 15) is 5.11 Å². The quantitative estimate of drug-likeness (QED) is 0.836. The van der Waals surface area contributed by atoms with E-state index in [4.69, 9.17) is 5.73 Å². The normalized spacial score (nSPS) is 25.2. The maximum absolute atomic E-state index is 9.31. The number of aliphatic hydroxyl groups is 1. The van der Waals surface area contributed by atoms with Gasteiger partial charge in [-0.15, -0.1) is 0 Å². The SMILES string of the molecule is CC(N)c1ccccc1N(C)CC1CC(O)C1. The molecular formula is C14H22N2O. The average molecular weight is 234 g/mol. The van der Waals surface area contributed by atoms with Crippen molar-refractivity contribution in [2.45, 2.75) is 31.9 Å². The van der Waals surface area contributed by atoms with Gasteiger partial charge in [0.05, 0.1) is 6.10 Å². The Hall–Kier alpha value is -1.06. The lowest BCUT2D eigenvalue weighted by Gasteiger charge is -2.36. The molecule has 1 fully saturated rings. The van der Waals surface area contributed by atoms with Crippen molar-refractivity contribution < 1.29 is 5.11 Å². The van der Waals surface area contributed by atoms with Gasteiger partial charge < -0.3 is 15.7 Å². The Morgan fingerprint density at radius 1 is 1.41 bits per heavy atom. The number of nitrogens with two attached hydrogens (primary N) is 1. The van der Waals surface area contributed by atoms with Crippen molar-refractivity contribution in [3.63, 3.8) is 0 Å². The fourth-order valence-corrected chi connectivity index (χ4v) is 2.56. The van der Waals surface area contributed by atoms with Gasteiger partial charge in [-0.25, -0.2) is 0 Å². The van der Waals surface area contributed by atoms with Crippen molar-refractivity contribution in [1.29, 1.82) is 0 Å². The van der Waals surface area contributed by atoms with Crippen LogP contribution in [0.4, 0.5) is 5.69 Å². The van der Waals surface area contributed by atoms with Gasteiger partial charge in [-0.3, -0.25) is 0 Å². The zero-order valence-electron chi connectivity index (χ0n) is 10.6. The molecule has 3 heteroatoms. The monoisotopic (exact) mass is 234 g/mol. The van der Waals surface area contributed by atoms with E-state index in [1.807, 2.05) is 19.1 Å². The van der Waals surface area contributed by atoms with Gasteiger partial charge in [-0.05, 0) is 37.3 Å². The summed E-state index contributed by atoms with van der Waals surface area (Å²) in [6.45, 7) is 3.01. The molecule has 0 saturated heterocycles. The molecule has 17 heavy (non-hydrogen) atoms. The molecule has 0 heterocycles. The van der Waals surface area contributed by atoms with E-state index in [1.165, 1.54) is 11.3 Å². The Morgan fingerprint density at radius 3 is 2.65 bits per heavy atom. The van der Waals surface area contributed by atoms with Crippen LogP contribution in [-0.4, -0.2) is 24.8 Å². The van der Waals surface area contributed by atoms with Gasteiger partial charge in [0.25, 0.3) is 0 Å². The van der Waals surface area contributed by atoms with Crippen molar-refractivity contribution in [3.05, 3.63) is 29.8 Å². The molecule has 3 N–H and O–H groups in total. The maximum Gasteiger partial charge on any atom is 0.0546 e. The van der Waals surface area contributed by atoms with Crippen LogP contribution >= 0.6 is 0 Å². The van der Waals surface area contributed by atoms with Crippen LogP contribution in [0.2, 0.25) is 0 Å². The van der Waals surface area contributed by atoms with Gasteiger partial charge in [0, 0.05) is 25.3 Å². The number of nitrogens with zero attached hydrogens (tertiary/aromatic N) is 1. The molecule has 1 aromatic rings. The molecular weight excluding hydrogens is 212 g/mol. The Bertz CT molecular complexity index is 372. The predicted molar refractivity (Wildman–Crippen MR) is 71.0 cm³/mol. The Morgan fingerprint density at radius 2 is 2.06 bits per heavy atom. The van der Waals surface area contributed by atoms with Crippen molar-refractivity contribution >= 4 is 5.69 Å². The minimum absolute atomic E-state index is 0.0561. The van der Waals surface area contributed by atoms with Crippen LogP contribution in [0.1, 0.15) is 31.4 Å². The van der Waals surface area contributed by atoms with Crippen molar-refractivity contribution in [3.8, 4) is 0 Å². The van der Waals surface area contributed by atoms with E-state index in [0.717, 1.165) is 19.4 Å². The first-order valence-corrected chi connectivity index (χ1v) is 6.31. The Kier molecular flexibility index (Phi) is 3.69. The van der Waals surface area contributed by atoms with Gasteiger partial charge >= 0.3 is 0 Å². The third-order valence-electron chi connectivity index (χ3n) is 3.58. The van der Waals surface area contributed by atoms with E-state index >= 15 is 0 Å². The van der Waals surface area contributed by atoms with Crippen LogP contribution in [0.5, 0.6) is 0 Å². The summed E-state index contributed by atoms with van der Waals surface area (Å²) >= 11 is 0. The van der Waals surface area contributed by atoms with Gasteiger partial charge in [0.1, 0.15) is 0 Å². The molecule has 1 aromatic carbocycles. The molecule has 1 aliphatic rings. The average Bonchev–Trinajstić information content (AvgIpc) is 2.27. The number of para-hydroxylation sites is 1. The molecule has 0 aliphatic heterocycles. The van der Waals surface area contributed by atoms with E-state index < -0.39 is 0 Å². The summed E-state index contributed by atoms with van der Waals surface area (Å²) in [5.74, 6) is 0.621. The van der Waals surface area contributed by atoms with Gasteiger partial charge in [-0.2, -0.15) is 0 Å². The molecule has 0 amide bonds. The summed E-state index contributed by atoms with van der Waals surface area (Å²) in [5.41, 5.74) is 8.39. The summed E-state index contributed by atoms with van der Waals surface area (Å²) < 4.78 is 0. The molecule has 0 aromatic heterocycles. The zero-order chi connectivity index (χ0) is 12.4. The zero-order valence-corrected chi connectivity index (χ0v) is 10.6. The smallest absolute Gasteiger partial charge is 0.0546 e. The van der Waals surface area contributed by atoms with Crippen LogP contribution in [0.15, 0.2) is 24.3 Å². The second kappa shape index (κ2) is 5.07. The number of anilines is 1. The number of rotatable bonds is 4. The molecule has 94 valence electrons. The van der Waals surface area contributed by atoms with Crippen LogP contribution in [0.3, 0.4) is 0 Å². The first-order chi connectivity index (χ1) is 8.08. The predicted octanol–water partition coefficient (Wildman–Crippen LogP) is 1.91. The van der Waals surface area contributed by atoms with Crippen molar-refractivity contribution in [2.24, 2.45) is 11.7 Å². The second-order valence-corrected chi connectivity index (χ2v) is 5.22. The summed E-state index contributed by atoms with van der Waals surface area (Å²) in [6.07, 6.45) is 1.80. The number of hydrogen-bond donors (Lipinski definition) is 2. The molecule has 0 radical (unpaired) electrons. The first kappa shape index (κ1) is 12.4. The molecule has 0 bridgehead atoms. The van der Waals surface area contributed by atoms with Gasteiger partial charge in [0.15, 0.2) is 0 Å². The third kappa shape index (κ3) is 2.79. The van der Waals surface area contributed by atoms with Gasteiger partial charge in [-0.1, -0.05) is 18.2 Å². The van der Waals surface area contributed by atoms with E-state index in [-0.39, 0.29) is 12.1 Å². The van der Waals surface area contributed by atoms with Crippen LogP contribution in [-0.2, 0) is 0 Å². The lowest BCUT2D eigenvalue weighted by atomic mass is 9.82. The molecule has 0 spiro atoms. The fourth-order valence-electron chi connectivity index (χ4n) is 2.56. The topological polar surface area (TPSA) is 49.5 Å². The minimum Gasteiger partial charge on any atom is -0.393 e. The maximum atomic E-state index is 9.31. The highest BCUT2D eigenvalue weighted by Gasteiger charge is 2.28. The highest BCUT2D eigenvalue weighted by Crippen LogP contribution is 2.31. The summed E-state index contributed by atoms with van der Waals surface area (Å²) in [4.78, 5) is 2.26. The molecule has 3 nitrogen and oxygen atoms in total. The molecule has 1 unspecified atom stereocenters. The minimum atomic E-state index is -0.0722. The highest BCUT2D eigenvalue weighted by atomic mass is 16.3. The number of aliphatic hydroxyl groups excluding tert-OH is 1. The third-order valence-corrected chi connectivity index (χ3v) is 3.58. The van der Waals surface area contributed by atoms with Crippen molar-refractivity contribution in [2.75, 3.05) is 18.5 Å². The van der Waals surface area contributed by atoms with Crippen molar-refractivity contribution in [1.82, 2.24) is 0 Å². The Balaban J connectivity index is 2.05. The van der Waals surface area contributed by atoms with Crippen LogP contribution in [0, 0.1) is 5.92 Å². The molecule has 1 saturated carbocycles. The van der Waals surface area contributed by atoms with E-state index in [2.05, 4.69) is 24.1 Å². The Labute approximate surface area is 103 Å². The first-order valence-electron chi connectivity index (χ1n) is 6.31. The molecule has 1 atom stereocenters. The highest BCUT2D eigenvalue weighted by molar-refractivity contribution is 5.54. The van der Waals surface area contributed by atoms with E-state index in [1.54, 1.807) is 0 Å². The van der Waals surface area contributed by atoms with Gasteiger partial charge in [0.2, 0.25) is 0 Å². The lowest BCUT2D eigenvalue weighted by molar-refractivity contribution is 0.0464. The standard InChI is InChI=1S/C14H22N2O/c1-10(15)13-5-3-4-6-14(13)16(2)9-11-7-12(17)8-11/h3-6,10-12,17H,7-9,15H2,1-2H3. The number of benzene rings is 1. The summed E-state index contributed by atoms with van der Waals surface area (Å²) in [7, 11) is 2.10.